The van der Waals surface area contributed by atoms with E-state index < -0.39 is 0 Å². The van der Waals surface area contributed by atoms with E-state index in [4.69, 9.17) is 4.74 Å². The number of hydrogen-bond acceptors (Lipinski definition) is 4. The summed E-state index contributed by atoms with van der Waals surface area (Å²) in [5.74, 6) is 0.751. The Bertz CT molecular complexity index is 518. The number of benzene rings is 1. The highest BCUT2D eigenvalue weighted by molar-refractivity contribution is 5.91. The van der Waals surface area contributed by atoms with Gasteiger partial charge in [-0.2, -0.15) is 0 Å². The number of rotatable bonds is 7. The van der Waals surface area contributed by atoms with Gasteiger partial charge in [-0.1, -0.05) is 13.3 Å². The lowest BCUT2D eigenvalue weighted by atomic mass is 9.85. The fraction of sp³-hybridized carbons (Fsp3) is 0.611. The molecule has 3 N–H and O–H groups in total. The van der Waals surface area contributed by atoms with Crippen molar-refractivity contribution < 1.29 is 14.6 Å². The van der Waals surface area contributed by atoms with Gasteiger partial charge in [0.15, 0.2) is 0 Å². The molecule has 3 atom stereocenters. The van der Waals surface area contributed by atoms with Crippen LogP contribution in [0, 0.1) is 5.41 Å². The Morgan fingerprint density at radius 2 is 2.13 bits per heavy atom. The average Bonchev–Trinajstić information content (AvgIpc) is 2.89. The van der Waals surface area contributed by atoms with Gasteiger partial charge in [-0.05, 0) is 44.0 Å². The molecule has 0 aromatic heterocycles. The first-order valence-electron chi connectivity index (χ1n) is 8.27. The molecule has 0 spiro atoms. The second-order valence-electron chi connectivity index (χ2n) is 6.81. The van der Waals surface area contributed by atoms with Crippen molar-refractivity contribution in [2.45, 2.75) is 51.6 Å². The molecule has 2 rings (SSSR count). The molecule has 1 fully saturated rings. The van der Waals surface area contributed by atoms with Gasteiger partial charge in [-0.25, -0.2) is 0 Å². The predicted molar refractivity (Wildman–Crippen MR) is 91.7 cm³/mol. The first-order chi connectivity index (χ1) is 11.0. The van der Waals surface area contributed by atoms with E-state index in [9.17, 15) is 9.90 Å². The number of aliphatic hydroxyl groups is 1. The Balaban J connectivity index is 1.82. The van der Waals surface area contributed by atoms with E-state index in [1.54, 1.807) is 7.11 Å². The van der Waals surface area contributed by atoms with Gasteiger partial charge in [0.2, 0.25) is 5.91 Å². The zero-order chi connectivity index (χ0) is 16.9. The number of methoxy groups -OCH3 is 1. The maximum Gasteiger partial charge on any atom is 0.225 e. The molecule has 1 aliphatic carbocycles. The Morgan fingerprint density at radius 1 is 1.43 bits per heavy atom. The maximum absolute atomic E-state index is 12.2. The first kappa shape index (κ1) is 17.8. The topological polar surface area (TPSA) is 70.6 Å². The Kier molecular flexibility index (Phi) is 6.02. The van der Waals surface area contributed by atoms with Crippen LogP contribution in [0.25, 0.3) is 0 Å². The normalized spacial score (nSPS) is 25.1. The second-order valence-corrected chi connectivity index (χ2v) is 6.81. The van der Waals surface area contributed by atoms with Gasteiger partial charge in [0.05, 0.1) is 7.11 Å². The quantitative estimate of drug-likeness (QED) is 0.722. The summed E-state index contributed by atoms with van der Waals surface area (Å²) >= 11 is 0. The lowest BCUT2D eigenvalue weighted by Crippen LogP contribution is -2.46. The molecule has 0 radical (unpaired) electrons. The van der Waals surface area contributed by atoms with Crippen LogP contribution in [0.5, 0.6) is 5.75 Å². The van der Waals surface area contributed by atoms with Crippen molar-refractivity contribution in [2.75, 3.05) is 19.0 Å². The third kappa shape index (κ3) is 4.69. The van der Waals surface area contributed by atoms with Crippen molar-refractivity contribution >= 4 is 11.6 Å². The van der Waals surface area contributed by atoms with Crippen LogP contribution in [-0.4, -0.2) is 36.8 Å². The zero-order valence-electron chi connectivity index (χ0n) is 14.3. The van der Waals surface area contributed by atoms with E-state index in [-0.39, 0.29) is 30.0 Å². The minimum atomic E-state index is -0.0687. The van der Waals surface area contributed by atoms with Gasteiger partial charge in [0.25, 0.3) is 0 Å². The molecule has 0 saturated heterocycles. The van der Waals surface area contributed by atoms with E-state index in [2.05, 4.69) is 17.6 Å². The third-order valence-corrected chi connectivity index (χ3v) is 4.79. The highest BCUT2D eigenvalue weighted by Gasteiger charge is 2.38. The Labute approximate surface area is 138 Å². The highest BCUT2D eigenvalue weighted by atomic mass is 16.5. The summed E-state index contributed by atoms with van der Waals surface area (Å²) < 4.78 is 5.10. The van der Waals surface area contributed by atoms with Crippen molar-refractivity contribution in [3.05, 3.63) is 24.3 Å². The monoisotopic (exact) mass is 320 g/mol. The van der Waals surface area contributed by atoms with Crippen molar-refractivity contribution in [2.24, 2.45) is 5.41 Å². The fourth-order valence-corrected chi connectivity index (χ4v) is 3.27. The number of nitrogens with one attached hydrogen (secondary N) is 2. The minimum absolute atomic E-state index is 0.0149. The van der Waals surface area contributed by atoms with Crippen LogP contribution in [0.3, 0.4) is 0 Å². The molecule has 1 amide bonds. The summed E-state index contributed by atoms with van der Waals surface area (Å²) in [6.45, 7) is 4.32. The SMILES string of the molecule is COc1ccc(NC(=O)CC(C)NC2CCCC2(C)CO)cc1. The predicted octanol–water partition coefficient (Wildman–Crippen LogP) is 2.55. The van der Waals surface area contributed by atoms with Gasteiger partial charge in [-0.15, -0.1) is 0 Å². The molecule has 3 unspecified atom stereocenters. The maximum atomic E-state index is 12.2. The van der Waals surface area contributed by atoms with Crippen LogP contribution in [-0.2, 0) is 4.79 Å². The molecular formula is C18H28N2O3. The number of carbonyl (C=O) groups is 1. The van der Waals surface area contributed by atoms with E-state index in [1.807, 2.05) is 31.2 Å². The molecule has 1 saturated carbocycles. The third-order valence-electron chi connectivity index (χ3n) is 4.79. The van der Waals surface area contributed by atoms with Crippen molar-refractivity contribution in [3.63, 3.8) is 0 Å². The van der Waals surface area contributed by atoms with Gasteiger partial charge in [-0.3, -0.25) is 4.79 Å². The molecule has 23 heavy (non-hydrogen) atoms. The fourth-order valence-electron chi connectivity index (χ4n) is 3.27. The number of carbonyl (C=O) groups excluding carboxylic acids is 1. The van der Waals surface area contributed by atoms with Gasteiger partial charge in [0.1, 0.15) is 5.75 Å². The smallest absolute Gasteiger partial charge is 0.225 e. The second kappa shape index (κ2) is 7.79. The number of aliphatic hydroxyl groups excluding tert-OH is 1. The summed E-state index contributed by atoms with van der Waals surface area (Å²) in [6, 6.07) is 7.65. The standard InChI is InChI=1S/C18H28N2O3/c1-13(19-16-5-4-10-18(16,2)12-21)11-17(22)20-14-6-8-15(23-3)9-7-14/h6-9,13,16,19,21H,4-5,10-12H2,1-3H3,(H,20,22). The lowest BCUT2D eigenvalue weighted by Gasteiger charge is -2.32. The van der Waals surface area contributed by atoms with Crippen LogP contribution in [0.2, 0.25) is 0 Å². The van der Waals surface area contributed by atoms with E-state index in [1.165, 1.54) is 0 Å². The van der Waals surface area contributed by atoms with Crippen LogP contribution in [0.1, 0.15) is 39.5 Å². The molecule has 0 aliphatic heterocycles. The first-order valence-corrected chi connectivity index (χ1v) is 8.27. The van der Waals surface area contributed by atoms with Crippen molar-refractivity contribution in [3.8, 4) is 5.75 Å². The van der Waals surface area contributed by atoms with Crippen LogP contribution < -0.4 is 15.4 Å². The summed E-state index contributed by atoms with van der Waals surface area (Å²) in [5, 5.41) is 16.0. The summed E-state index contributed by atoms with van der Waals surface area (Å²) in [7, 11) is 1.62. The summed E-state index contributed by atoms with van der Waals surface area (Å²) in [4.78, 5) is 12.2. The lowest BCUT2D eigenvalue weighted by molar-refractivity contribution is -0.116. The molecule has 0 bridgehead atoms. The number of ether oxygens (including phenoxy) is 1. The van der Waals surface area contributed by atoms with E-state index >= 15 is 0 Å². The average molecular weight is 320 g/mol. The molecule has 1 aromatic rings. The van der Waals surface area contributed by atoms with E-state index in [0.717, 1.165) is 30.7 Å². The molecule has 5 nitrogen and oxygen atoms in total. The van der Waals surface area contributed by atoms with Crippen LogP contribution in [0.4, 0.5) is 5.69 Å². The Morgan fingerprint density at radius 3 is 2.74 bits per heavy atom. The molecular weight excluding hydrogens is 292 g/mol. The molecule has 1 aliphatic rings. The zero-order valence-corrected chi connectivity index (χ0v) is 14.3. The van der Waals surface area contributed by atoms with E-state index in [0.29, 0.717) is 6.42 Å². The van der Waals surface area contributed by atoms with Gasteiger partial charge < -0.3 is 20.5 Å². The van der Waals surface area contributed by atoms with Crippen molar-refractivity contribution in [1.29, 1.82) is 0 Å². The molecule has 0 heterocycles. The number of amides is 1. The van der Waals surface area contributed by atoms with Crippen LogP contribution >= 0.6 is 0 Å². The molecule has 128 valence electrons. The molecule has 1 aromatic carbocycles. The number of hydrogen-bond donors (Lipinski definition) is 3. The van der Waals surface area contributed by atoms with Gasteiger partial charge in [0, 0.05) is 36.2 Å². The van der Waals surface area contributed by atoms with Crippen molar-refractivity contribution in [1.82, 2.24) is 5.32 Å². The largest absolute Gasteiger partial charge is 0.497 e. The van der Waals surface area contributed by atoms with Gasteiger partial charge >= 0.3 is 0 Å². The minimum Gasteiger partial charge on any atom is -0.497 e. The number of anilines is 1. The Hall–Kier alpha value is -1.59. The summed E-state index contributed by atoms with van der Waals surface area (Å²) in [6.07, 6.45) is 3.62. The summed E-state index contributed by atoms with van der Waals surface area (Å²) in [5.41, 5.74) is 0.699. The highest BCUT2D eigenvalue weighted by Crippen LogP contribution is 2.37. The molecule has 5 heteroatoms. The van der Waals surface area contributed by atoms with Crippen LogP contribution in [0.15, 0.2) is 24.3 Å².